The fourth-order valence-corrected chi connectivity index (χ4v) is 1.41. The van der Waals surface area contributed by atoms with E-state index in [2.05, 4.69) is 12.2 Å². The SMILES string of the molecule is CCCC[NH2+]Cc1cccc([N+](=O)[O-])c1. The first-order valence-corrected chi connectivity index (χ1v) is 5.29. The van der Waals surface area contributed by atoms with E-state index in [1.165, 1.54) is 18.9 Å². The second-order valence-electron chi connectivity index (χ2n) is 3.56. The number of nitro benzene ring substituents is 1. The van der Waals surface area contributed by atoms with E-state index >= 15 is 0 Å². The molecule has 1 aromatic carbocycles. The van der Waals surface area contributed by atoms with Crippen molar-refractivity contribution in [1.82, 2.24) is 0 Å². The van der Waals surface area contributed by atoms with Crippen LogP contribution in [0.25, 0.3) is 0 Å². The van der Waals surface area contributed by atoms with E-state index in [9.17, 15) is 10.1 Å². The van der Waals surface area contributed by atoms with Gasteiger partial charge < -0.3 is 5.32 Å². The van der Waals surface area contributed by atoms with E-state index in [1.54, 1.807) is 12.1 Å². The van der Waals surface area contributed by atoms with Crippen LogP contribution in [-0.2, 0) is 6.54 Å². The van der Waals surface area contributed by atoms with Crippen LogP contribution in [-0.4, -0.2) is 11.5 Å². The number of hydrogen-bond acceptors (Lipinski definition) is 2. The van der Waals surface area contributed by atoms with Gasteiger partial charge in [0.25, 0.3) is 5.69 Å². The van der Waals surface area contributed by atoms with E-state index in [4.69, 9.17) is 0 Å². The Balaban J connectivity index is 2.47. The minimum atomic E-state index is -0.352. The molecule has 0 saturated carbocycles. The summed E-state index contributed by atoms with van der Waals surface area (Å²) in [4.78, 5) is 10.2. The number of hydrogen-bond donors (Lipinski definition) is 1. The van der Waals surface area contributed by atoms with Gasteiger partial charge >= 0.3 is 0 Å². The van der Waals surface area contributed by atoms with Crippen molar-refractivity contribution >= 4 is 5.69 Å². The molecular weight excluding hydrogens is 192 g/mol. The number of rotatable bonds is 6. The maximum absolute atomic E-state index is 10.5. The molecule has 4 heteroatoms. The van der Waals surface area contributed by atoms with Gasteiger partial charge in [0.05, 0.1) is 11.5 Å². The number of quaternary nitrogens is 1. The molecule has 4 nitrogen and oxygen atoms in total. The summed E-state index contributed by atoms with van der Waals surface area (Å²) in [5.41, 5.74) is 1.19. The van der Waals surface area contributed by atoms with Crippen LogP contribution < -0.4 is 5.32 Å². The van der Waals surface area contributed by atoms with Gasteiger partial charge in [0.1, 0.15) is 6.54 Å². The monoisotopic (exact) mass is 209 g/mol. The zero-order valence-electron chi connectivity index (χ0n) is 8.98. The number of non-ortho nitro benzene ring substituents is 1. The lowest BCUT2D eigenvalue weighted by molar-refractivity contribution is -0.670. The van der Waals surface area contributed by atoms with Crippen LogP contribution in [0.3, 0.4) is 0 Å². The van der Waals surface area contributed by atoms with Crippen LogP contribution in [0.4, 0.5) is 5.69 Å². The highest BCUT2D eigenvalue weighted by atomic mass is 16.6. The number of unbranched alkanes of at least 4 members (excludes halogenated alkanes) is 1. The highest BCUT2D eigenvalue weighted by molar-refractivity contribution is 5.33. The van der Waals surface area contributed by atoms with Crippen LogP contribution in [0.1, 0.15) is 25.3 Å². The maximum Gasteiger partial charge on any atom is 0.269 e. The summed E-state index contributed by atoms with van der Waals surface area (Å²) in [6, 6.07) is 6.83. The van der Waals surface area contributed by atoms with Crippen LogP contribution >= 0.6 is 0 Å². The van der Waals surface area contributed by atoms with Crippen molar-refractivity contribution in [2.24, 2.45) is 0 Å². The highest BCUT2D eigenvalue weighted by Gasteiger charge is 2.05. The Morgan fingerprint density at radius 3 is 2.93 bits per heavy atom. The summed E-state index contributed by atoms with van der Waals surface area (Å²) < 4.78 is 0. The normalized spacial score (nSPS) is 10.2. The molecule has 0 aliphatic rings. The Morgan fingerprint density at radius 2 is 2.27 bits per heavy atom. The predicted octanol–water partition coefficient (Wildman–Crippen LogP) is 1.46. The number of nitrogens with two attached hydrogens (primary N) is 1. The maximum atomic E-state index is 10.5. The molecule has 2 N–H and O–H groups in total. The zero-order chi connectivity index (χ0) is 11.1. The van der Waals surface area contributed by atoms with E-state index in [0.29, 0.717) is 0 Å². The predicted molar refractivity (Wildman–Crippen MR) is 58.5 cm³/mol. The van der Waals surface area contributed by atoms with Crippen molar-refractivity contribution in [3.63, 3.8) is 0 Å². The summed E-state index contributed by atoms with van der Waals surface area (Å²) >= 11 is 0. The van der Waals surface area contributed by atoms with Crippen LogP contribution in [0, 0.1) is 10.1 Å². The second-order valence-corrected chi connectivity index (χ2v) is 3.56. The molecule has 0 aliphatic carbocycles. The molecule has 0 aromatic heterocycles. The molecule has 0 radical (unpaired) electrons. The third-order valence-electron chi connectivity index (χ3n) is 2.26. The Morgan fingerprint density at radius 1 is 1.47 bits per heavy atom. The molecule has 0 saturated heterocycles. The molecule has 0 bridgehead atoms. The third-order valence-corrected chi connectivity index (χ3v) is 2.26. The Kier molecular flexibility index (Phi) is 4.77. The summed E-state index contributed by atoms with van der Waals surface area (Å²) in [6.45, 7) is 4.06. The van der Waals surface area contributed by atoms with Crippen molar-refractivity contribution < 1.29 is 10.2 Å². The molecule has 1 aromatic rings. The van der Waals surface area contributed by atoms with Crippen molar-refractivity contribution in [1.29, 1.82) is 0 Å². The summed E-state index contributed by atoms with van der Waals surface area (Å²) in [5.74, 6) is 0. The molecule has 0 heterocycles. The minimum Gasteiger partial charge on any atom is -0.342 e. The van der Waals surface area contributed by atoms with Crippen LogP contribution in [0.15, 0.2) is 24.3 Å². The molecule has 1 rings (SSSR count). The Hall–Kier alpha value is -1.42. The molecule has 82 valence electrons. The van der Waals surface area contributed by atoms with Gasteiger partial charge in [-0.3, -0.25) is 10.1 Å². The summed E-state index contributed by atoms with van der Waals surface area (Å²) in [5, 5.41) is 12.7. The second kappa shape index (κ2) is 6.14. The fraction of sp³-hybridized carbons (Fsp3) is 0.455. The largest absolute Gasteiger partial charge is 0.342 e. The topological polar surface area (TPSA) is 59.8 Å². The van der Waals surface area contributed by atoms with E-state index in [1.807, 2.05) is 6.07 Å². The van der Waals surface area contributed by atoms with Gasteiger partial charge in [-0.1, -0.05) is 25.5 Å². The van der Waals surface area contributed by atoms with E-state index in [0.717, 1.165) is 18.7 Å². The molecule has 0 aliphatic heterocycles. The zero-order valence-corrected chi connectivity index (χ0v) is 8.98. The molecule has 0 fully saturated rings. The van der Waals surface area contributed by atoms with Crippen molar-refractivity contribution in [2.75, 3.05) is 6.54 Å². The molecule has 15 heavy (non-hydrogen) atoms. The molecule has 0 spiro atoms. The minimum absolute atomic E-state index is 0.177. The lowest BCUT2D eigenvalue weighted by Gasteiger charge is -2.00. The van der Waals surface area contributed by atoms with Gasteiger partial charge in [0.15, 0.2) is 0 Å². The van der Waals surface area contributed by atoms with Crippen molar-refractivity contribution in [2.45, 2.75) is 26.3 Å². The lowest BCUT2D eigenvalue weighted by atomic mass is 10.2. The molecular formula is C11H17N2O2+. The first kappa shape index (κ1) is 11.7. The number of nitro groups is 1. The fourth-order valence-electron chi connectivity index (χ4n) is 1.41. The summed E-state index contributed by atoms with van der Waals surface area (Å²) in [6.07, 6.45) is 2.38. The van der Waals surface area contributed by atoms with Crippen molar-refractivity contribution in [3.05, 3.63) is 39.9 Å². The van der Waals surface area contributed by atoms with Gasteiger partial charge in [-0.2, -0.15) is 0 Å². The Labute approximate surface area is 89.5 Å². The summed E-state index contributed by atoms with van der Waals surface area (Å²) in [7, 11) is 0. The number of benzene rings is 1. The molecule has 0 atom stereocenters. The standard InChI is InChI=1S/C11H16N2O2/c1-2-3-7-12-9-10-5-4-6-11(8-10)13(14)15/h4-6,8,12H,2-3,7,9H2,1H3/p+1. The van der Waals surface area contributed by atoms with Gasteiger partial charge in [-0.25, -0.2) is 0 Å². The smallest absolute Gasteiger partial charge is 0.269 e. The van der Waals surface area contributed by atoms with Crippen molar-refractivity contribution in [3.8, 4) is 0 Å². The van der Waals surface area contributed by atoms with Crippen LogP contribution in [0.2, 0.25) is 0 Å². The van der Waals surface area contributed by atoms with Crippen LogP contribution in [0.5, 0.6) is 0 Å². The molecule has 0 unspecified atom stereocenters. The lowest BCUT2D eigenvalue weighted by Crippen LogP contribution is -2.82. The average molecular weight is 209 g/mol. The molecule has 0 amide bonds. The third kappa shape index (κ3) is 4.08. The van der Waals surface area contributed by atoms with Gasteiger partial charge in [0, 0.05) is 17.7 Å². The van der Waals surface area contributed by atoms with E-state index in [-0.39, 0.29) is 10.6 Å². The average Bonchev–Trinajstić information content (AvgIpc) is 2.25. The van der Waals surface area contributed by atoms with E-state index < -0.39 is 0 Å². The van der Waals surface area contributed by atoms with Gasteiger partial charge in [-0.15, -0.1) is 0 Å². The highest BCUT2D eigenvalue weighted by Crippen LogP contribution is 2.11. The van der Waals surface area contributed by atoms with Gasteiger partial charge in [-0.05, 0) is 6.42 Å². The first-order valence-electron chi connectivity index (χ1n) is 5.29. The Bertz CT molecular complexity index is 326. The van der Waals surface area contributed by atoms with Gasteiger partial charge in [0.2, 0.25) is 0 Å². The number of nitrogens with zero attached hydrogens (tertiary/aromatic N) is 1. The first-order chi connectivity index (χ1) is 7.24. The quantitative estimate of drug-likeness (QED) is 0.438.